The minimum absolute atomic E-state index is 0.00127. The smallest absolute Gasteiger partial charge is 0.209 e. The first-order valence-corrected chi connectivity index (χ1v) is 7.70. The van der Waals surface area contributed by atoms with Gasteiger partial charge < -0.3 is 9.47 Å². The number of fused-ring (bicyclic) bond motifs is 1. The highest BCUT2D eigenvalue weighted by Crippen LogP contribution is 2.41. The molecule has 2 aliphatic heterocycles. The summed E-state index contributed by atoms with van der Waals surface area (Å²) in [5.74, 6) is 0.0803. The van der Waals surface area contributed by atoms with Crippen LogP contribution in [0.15, 0.2) is 11.6 Å². The first-order chi connectivity index (χ1) is 7.97. The molecule has 2 N–H and O–H groups in total. The second-order valence-electron chi connectivity index (χ2n) is 4.62. The lowest BCUT2D eigenvalue weighted by atomic mass is 10.1. The molecule has 0 aliphatic carbocycles. The van der Waals surface area contributed by atoms with Gasteiger partial charge in [0.05, 0.1) is 11.9 Å². The summed E-state index contributed by atoms with van der Waals surface area (Å²) < 4.78 is 32.2. The summed E-state index contributed by atoms with van der Waals surface area (Å²) in [4.78, 5) is 0. The molecule has 17 heavy (non-hydrogen) atoms. The fourth-order valence-corrected chi connectivity index (χ4v) is 2.73. The van der Waals surface area contributed by atoms with E-state index in [0.717, 1.165) is 19.3 Å². The quantitative estimate of drug-likeness (QED) is 0.437. The Balaban J connectivity index is 1.61. The highest BCUT2D eigenvalue weighted by Gasteiger charge is 2.51. The molecule has 0 saturated carbocycles. The van der Waals surface area contributed by atoms with Gasteiger partial charge in [-0.15, -0.1) is 0 Å². The number of epoxide rings is 1. The molecule has 0 bridgehead atoms. The average Bonchev–Trinajstić information content (AvgIpc) is 2.87. The van der Waals surface area contributed by atoms with Crippen molar-refractivity contribution in [3.8, 4) is 0 Å². The minimum atomic E-state index is -3.29. The third kappa shape index (κ3) is 3.77. The van der Waals surface area contributed by atoms with Crippen LogP contribution in [-0.2, 0) is 19.5 Å². The fourth-order valence-electron chi connectivity index (χ4n) is 2.12. The maximum absolute atomic E-state index is 10.7. The second kappa shape index (κ2) is 5.06. The predicted molar refractivity (Wildman–Crippen MR) is 63.7 cm³/mol. The lowest BCUT2D eigenvalue weighted by Crippen LogP contribution is -2.16. The van der Waals surface area contributed by atoms with Crippen molar-refractivity contribution in [1.29, 1.82) is 0 Å². The molecule has 0 radical (unpaired) electrons. The van der Waals surface area contributed by atoms with Crippen LogP contribution in [0.3, 0.4) is 0 Å². The molecule has 0 aromatic carbocycles. The number of hydrogen-bond donors (Lipinski definition) is 1. The summed E-state index contributed by atoms with van der Waals surface area (Å²) in [5, 5.41) is 4.92. The zero-order valence-corrected chi connectivity index (χ0v) is 10.8. The Morgan fingerprint density at radius 2 is 2.06 bits per heavy atom. The Hall–Kier alpha value is -0.430. The molecule has 0 aromatic heterocycles. The van der Waals surface area contributed by atoms with Gasteiger partial charge in [0.25, 0.3) is 0 Å². The van der Waals surface area contributed by atoms with E-state index in [4.69, 9.17) is 14.6 Å². The summed E-state index contributed by atoms with van der Waals surface area (Å²) in [6.07, 6.45) is 5.96. The molecule has 5 nitrogen and oxygen atoms in total. The van der Waals surface area contributed by atoms with Gasteiger partial charge in [-0.1, -0.05) is 12.5 Å². The van der Waals surface area contributed by atoms with Gasteiger partial charge in [0.1, 0.15) is 6.10 Å². The second-order valence-corrected chi connectivity index (χ2v) is 6.36. The molecule has 2 heterocycles. The van der Waals surface area contributed by atoms with Crippen molar-refractivity contribution in [3.05, 3.63) is 11.6 Å². The van der Waals surface area contributed by atoms with Crippen LogP contribution in [-0.4, -0.2) is 32.7 Å². The Kier molecular flexibility index (Phi) is 3.87. The molecule has 3 atom stereocenters. The summed E-state index contributed by atoms with van der Waals surface area (Å²) >= 11 is 0. The van der Waals surface area contributed by atoms with Crippen molar-refractivity contribution in [2.75, 3.05) is 5.75 Å². The van der Waals surface area contributed by atoms with E-state index >= 15 is 0 Å². The normalized spacial score (nSPS) is 34.0. The van der Waals surface area contributed by atoms with Crippen LogP contribution >= 0.6 is 0 Å². The number of rotatable bonds is 6. The van der Waals surface area contributed by atoms with Crippen molar-refractivity contribution in [3.63, 3.8) is 0 Å². The zero-order valence-electron chi connectivity index (χ0n) is 9.96. The molecule has 6 heteroatoms. The molecule has 0 amide bonds. The molecule has 98 valence electrons. The van der Waals surface area contributed by atoms with Gasteiger partial charge in [0.2, 0.25) is 10.0 Å². The van der Waals surface area contributed by atoms with E-state index < -0.39 is 10.0 Å². The Labute approximate surface area is 102 Å². The van der Waals surface area contributed by atoms with E-state index in [1.165, 1.54) is 5.57 Å². The monoisotopic (exact) mass is 261 g/mol. The Morgan fingerprint density at radius 3 is 2.65 bits per heavy atom. The van der Waals surface area contributed by atoms with Crippen LogP contribution < -0.4 is 5.14 Å². The number of ether oxygens (including phenoxy) is 2. The topological polar surface area (TPSA) is 81.9 Å². The van der Waals surface area contributed by atoms with Crippen molar-refractivity contribution in [2.24, 2.45) is 5.14 Å². The molecule has 0 spiro atoms. The molecule has 0 aromatic rings. The highest BCUT2D eigenvalue weighted by molar-refractivity contribution is 7.89. The highest BCUT2D eigenvalue weighted by atomic mass is 32.2. The van der Waals surface area contributed by atoms with Gasteiger partial charge in [0.15, 0.2) is 6.29 Å². The number of sulfonamides is 1. The van der Waals surface area contributed by atoms with Crippen molar-refractivity contribution in [1.82, 2.24) is 0 Å². The predicted octanol–water partition coefficient (Wildman–Crippen LogP) is 0.905. The summed E-state index contributed by atoms with van der Waals surface area (Å²) in [5.41, 5.74) is 1.24. The van der Waals surface area contributed by atoms with Crippen LogP contribution in [0, 0.1) is 0 Å². The van der Waals surface area contributed by atoms with Crippen LogP contribution in [0.4, 0.5) is 0 Å². The van der Waals surface area contributed by atoms with Crippen molar-refractivity contribution in [2.45, 2.75) is 51.1 Å². The standard InChI is InChI=1S/C11H19NO4S/c1-8-9(10-11(15-8)16-10)6-4-2-3-5-7-17(12,13)14/h6,8,10-11H,2-5,7H2,1H3,(H2,12,13,14)/b9-6-. The molecule has 2 fully saturated rings. The van der Waals surface area contributed by atoms with Crippen molar-refractivity contribution < 1.29 is 17.9 Å². The summed E-state index contributed by atoms with van der Waals surface area (Å²) in [7, 11) is -3.29. The van der Waals surface area contributed by atoms with Crippen LogP contribution in [0.1, 0.15) is 32.6 Å². The van der Waals surface area contributed by atoms with Crippen LogP contribution in [0.5, 0.6) is 0 Å². The maximum Gasteiger partial charge on any atom is 0.209 e. The lowest BCUT2D eigenvalue weighted by Gasteiger charge is -2.07. The first kappa shape index (κ1) is 13.0. The van der Waals surface area contributed by atoms with Gasteiger partial charge in [0, 0.05) is 0 Å². The van der Waals surface area contributed by atoms with E-state index in [1.54, 1.807) is 0 Å². The summed E-state index contributed by atoms with van der Waals surface area (Å²) in [6, 6.07) is 0. The van der Waals surface area contributed by atoms with Crippen LogP contribution in [0.25, 0.3) is 0 Å². The number of hydrogen-bond acceptors (Lipinski definition) is 4. The zero-order chi connectivity index (χ0) is 12.5. The molecule has 2 aliphatic rings. The third-order valence-corrected chi connectivity index (χ3v) is 3.96. The van der Waals surface area contributed by atoms with Gasteiger partial charge >= 0.3 is 0 Å². The van der Waals surface area contributed by atoms with Gasteiger partial charge in [-0.2, -0.15) is 0 Å². The Bertz CT molecular complexity index is 400. The molecule has 3 unspecified atom stereocenters. The molecule has 2 saturated heterocycles. The van der Waals surface area contributed by atoms with Gasteiger partial charge in [-0.3, -0.25) is 0 Å². The number of unbranched alkanes of at least 4 members (excludes halogenated alkanes) is 3. The van der Waals surface area contributed by atoms with Crippen molar-refractivity contribution >= 4 is 10.0 Å². The average molecular weight is 261 g/mol. The lowest BCUT2D eigenvalue weighted by molar-refractivity contribution is 0.0176. The van der Waals surface area contributed by atoms with E-state index in [2.05, 4.69) is 6.08 Å². The van der Waals surface area contributed by atoms with Gasteiger partial charge in [-0.05, 0) is 31.8 Å². The number of allylic oxidation sites excluding steroid dienone is 1. The molecular weight excluding hydrogens is 242 g/mol. The summed E-state index contributed by atoms with van der Waals surface area (Å²) in [6.45, 7) is 2.03. The minimum Gasteiger partial charge on any atom is -0.342 e. The maximum atomic E-state index is 10.7. The fraction of sp³-hybridized carbons (Fsp3) is 0.818. The van der Waals surface area contributed by atoms with E-state index in [0.29, 0.717) is 6.42 Å². The largest absolute Gasteiger partial charge is 0.342 e. The Morgan fingerprint density at radius 1 is 1.29 bits per heavy atom. The number of primary sulfonamides is 1. The van der Waals surface area contributed by atoms with Crippen LogP contribution in [0.2, 0.25) is 0 Å². The van der Waals surface area contributed by atoms with E-state index in [1.807, 2.05) is 6.92 Å². The SMILES string of the molecule is CC1OC2OC2/C1=C\CCCCCS(N)(=O)=O. The first-order valence-electron chi connectivity index (χ1n) is 5.99. The van der Waals surface area contributed by atoms with Gasteiger partial charge in [-0.25, -0.2) is 13.6 Å². The van der Waals surface area contributed by atoms with E-state index in [-0.39, 0.29) is 24.3 Å². The third-order valence-electron chi connectivity index (χ3n) is 3.10. The molecular formula is C11H19NO4S. The van der Waals surface area contributed by atoms with E-state index in [9.17, 15) is 8.42 Å². The number of nitrogens with two attached hydrogens (primary N) is 1. The molecule has 2 rings (SSSR count).